The Morgan fingerprint density at radius 3 is 2.47 bits per heavy atom. The maximum Gasteiger partial charge on any atom is 0.414 e. The van der Waals surface area contributed by atoms with Gasteiger partial charge in [0.1, 0.15) is 11.6 Å². The standard InChI is InChI=1S/C27H37F3N4O2/c1-15(2)9-18-11-19(12-18)25-32-33-26(34(25)21-6-7-21)20(13-23(35)27(28,29)30)14-24(36)31-22-8-5-16(3)10-17(22)4/h5,8,10,15,18-21,23,35H,6-7,9,11-14H2,1-4H3,(H,31,36)/t18-,19+,20-,23?/m0/s1. The van der Waals surface area contributed by atoms with Gasteiger partial charge in [0.15, 0.2) is 6.10 Å². The second kappa shape index (κ2) is 10.5. The number of alkyl halides is 3. The summed E-state index contributed by atoms with van der Waals surface area (Å²) in [5.41, 5.74) is 2.55. The Kier molecular flexibility index (Phi) is 7.78. The van der Waals surface area contributed by atoms with Gasteiger partial charge in [0.25, 0.3) is 0 Å². The predicted molar refractivity (Wildman–Crippen MR) is 132 cm³/mol. The highest BCUT2D eigenvalue weighted by atomic mass is 19.4. The lowest BCUT2D eigenvalue weighted by atomic mass is 9.71. The summed E-state index contributed by atoms with van der Waals surface area (Å²) in [6, 6.07) is 5.75. The molecule has 0 bridgehead atoms. The average molecular weight is 507 g/mol. The maximum atomic E-state index is 13.3. The van der Waals surface area contributed by atoms with Crippen LogP contribution in [0, 0.1) is 25.7 Å². The van der Waals surface area contributed by atoms with Crippen molar-refractivity contribution in [3.63, 3.8) is 0 Å². The Morgan fingerprint density at radius 2 is 1.89 bits per heavy atom. The van der Waals surface area contributed by atoms with Gasteiger partial charge in [-0.1, -0.05) is 31.5 Å². The SMILES string of the molecule is Cc1ccc(NC(=O)C[C@H](CC(O)C(F)(F)F)c2nnc([C@H]3C[C@@H](CC(C)C)C3)n2C2CC2)c(C)c1. The second-order valence-corrected chi connectivity index (χ2v) is 11.2. The minimum absolute atomic E-state index is 0.155. The number of nitrogens with one attached hydrogen (secondary N) is 1. The Morgan fingerprint density at radius 1 is 1.19 bits per heavy atom. The first-order chi connectivity index (χ1) is 16.9. The molecule has 0 radical (unpaired) electrons. The molecule has 1 amide bonds. The van der Waals surface area contributed by atoms with Gasteiger partial charge in [-0.15, -0.1) is 10.2 Å². The van der Waals surface area contributed by atoms with Crippen LogP contribution in [0.2, 0.25) is 0 Å². The highest BCUT2D eigenvalue weighted by molar-refractivity contribution is 5.92. The number of carbonyl (C=O) groups excluding carboxylic acids is 1. The van der Waals surface area contributed by atoms with E-state index < -0.39 is 30.5 Å². The molecule has 4 rings (SSSR count). The van der Waals surface area contributed by atoms with Gasteiger partial charge in [0.2, 0.25) is 5.91 Å². The molecule has 0 aliphatic heterocycles. The molecule has 1 unspecified atom stereocenters. The van der Waals surface area contributed by atoms with Crippen molar-refractivity contribution in [1.82, 2.24) is 14.8 Å². The van der Waals surface area contributed by atoms with Crippen LogP contribution < -0.4 is 5.32 Å². The first-order valence-electron chi connectivity index (χ1n) is 13.0. The lowest BCUT2D eigenvalue weighted by Gasteiger charge is -2.36. The van der Waals surface area contributed by atoms with Crippen LogP contribution in [0.25, 0.3) is 0 Å². The molecule has 2 aromatic rings. The number of aromatic nitrogens is 3. The average Bonchev–Trinajstić information content (AvgIpc) is 3.49. The lowest BCUT2D eigenvalue weighted by molar-refractivity contribution is -0.207. The Labute approximate surface area is 210 Å². The summed E-state index contributed by atoms with van der Waals surface area (Å²) in [6.45, 7) is 8.23. The molecule has 1 aromatic heterocycles. The number of amides is 1. The third kappa shape index (κ3) is 6.28. The Hall–Kier alpha value is -2.42. The normalized spacial score (nSPS) is 21.8. The fourth-order valence-electron chi connectivity index (χ4n) is 5.45. The fourth-order valence-corrected chi connectivity index (χ4v) is 5.45. The summed E-state index contributed by atoms with van der Waals surface area (Å²) in [5, 5.41) is 21.5. The van der Waals surface area contributed by atoms with Crippen molar-refractivity contribution in [2.45, 2.75) is 103 Å². The number of benzene rings is 1. The number of aliphatic hydroxyl groups is 1. The number of hydrogen-bond donors (Lipinski definition) is 2. The van der Waals surface area contributed by atoms with E-state index in [1.54, 1.807) is 6.07 Å². The number of halogens is 3. The summed E-state index contributed by atoms with van der Waals surface area (Å²) in [7, 11) is 0. The quantitative estimate of drug-likeness (QED) is 0.402. The number of nitrogens with zero attached hydrogens (tertiary/aromatic N) is 3. The van der Waals surface area contributed by atoms with E-state index in [4.69, 9.17) is 0 Å². The van der Waals surface area contributed by atoms with E-state index in [0.717, 1.165) is 49.1 Å². The first-order valence-corrected chi connectivity index (χ1v) is 13.0. The van der Waals surface area contributed by atoms with Crippen LogP contribution in [0.1, 0.15) is 99.4 Å². The van der Waals surface area contributed by atoms with E-state index in [1.165, 1.54) is 0 Å². The molecule has 2 saturated carbocycles. The fraction of sp³-hybridized carbons (Fsp3) is 0.667. The molecule has 0 spiro atoms. The molecule has 2 aliphatic carbocycles. The molecule has 2 aliphatic rings. The zero-order chi connectivity index (χ0) is 26.2. The lowest BCUT2D eigenvalue weighted by Crippen LogP contribution is -2.32. The van der Waals surface area contributed by atoms with Crippen LogP contribution >= 0.6 is 0 Å². The molecule has 2 fully saturated rings. The van der Waals surface area contributed by atoms with E-state index >= 15 is 0 Å². The van der Waals surface area contributed by atoms with Crippen molar-refractivity contribution in [3.05, 3.63) is 41.0 Å². The smallest absolute Gasteiger partial charge is 0.384 e. The monoisotopic (exact) mass is 506 g/mol. The predicted octanol–water partition coefficient (Wildman–Crippen LogP) is 6.20. The number of aliphatic hydroxyl groups excluding tert-OH is 1. The van der Waals surface area contributed by atoms with Crippen LogP contribution in [-0.4, -0.2) is 38.1 Å². The zero-order valence-electron chi connectivity index (χ0n) is 21.5. The summed E-state index contributed by atoms with van der Waals surface area (Å²) >= 11 is 0. The van der Waals surface area contributed by atoms with E-state index in [1.807, 2.05) is 30.5 Å². The number of anilines is 1. The van der Waals surface area contributed by atoms with Crippen molar-refractivity contribution in [2.75, 3.05) is 5.32 Å². The molecule has 36 heavy (non-hydrogen) atoms. The van der Waals surface area contributed by atoms with Gasteiger partial charge in [-0.2, -0.15) is 13.2 Å². The number of hydrogen-bond acceptors (Lipinski definition) is 4. The van der Waals surface area contributed by atoms with Gasteiger partial charge < -0.3 is 15.0 Å². The summed E-state index contributed by atoms with van der Waals surface area (Å²) < 4.78 is 42.0. The largest absolute Gasteiger partial charge is 0.414 e. The molecule has 6 nitrogen and oxygen atoms in total. The van der Waals surface area contributed by atoms with Crippen molar-refractivity contribution in [1.29, 1.82) is 0 Å². The van der Waals surface area contributed by atoms with Crippen LogP contribution in [0.4, 0.5) is 18.9 Å². The van der Waals surface area contributed by atoms with Crippen LogP contribution in [0.15, 0.2) is 18.2 Å². The Balaban J connectivity index is 1.56. The number of aryl methyl sites for hydroxylation is 2. The number of carbonyl (C=O) groups is 1. The van der Waals surface area contributed by atoms with Crippen LogP contribution in [-0.2, 0) is 4.79 Å². The first kappa shape index (κ1) is 26.6. The van der Waals surface area contributed by atoms with Gasteiger partial charge in [-0.05, 0) is 75.8 Å². The topological polar surface area (TPSA) is 80.0 Å². The highest BCUT2D eigenvalue weighted by Crippen LogP contribution is 2.48. The molecule has 198 valence electrons. The second-order valence-electron chi connectivity index (χ2n) is 11.2. The maximum absolute atomic E-state index is 13.3. The molecule has 2 atom stereocenters. The molecule has 1 heterocycles. The van der Waals surface area contributed by atoms with Gasteiger partial charge in [-0.3, -0.25) is 4.79 Å². The molecule has 2 N–H and O–H groups in total. The minimum Gasteiger partial charge on any atom is -0.384 e. The minimum atomic E-state index is -4.77. The number of rotatable bonds is 10. The van der Waals surface area contributed by atoms with Gasteiger partial charge in [-0.25, -0.2) is 0 Å². The van der Waals surface area contributed by atoms with Crippen LogP contribution in [0.5, 0.6) is 0 Å². The van der Waals surface area contributed by atoms with Crippen molar-refractivity contribution in [3.8, 4) is 0 Å². The van der Waals surface area contributed by atoms with Crippen molar-refractivity contribution < 1.29 is 23.1 Å². The van der Waals surface area contributed by atoms with Crippen molar-refractivity contribution >= 4 is 11.6 Å². The third-order valence-corrected chi connectivity index (χ3v) is 7.40. The van der Waals surface area contributed by atoms with Crippen molar-refractivity contribution in [2.24, 2.45) is 11.8 Å². The zero-order valence-corrected chi connectivity index (χ0v) is 21.5. The summed E-state index contributed by atoms with van der Waals surface area (Å²) in [4.78, 5) is 13.0. The van der Waals surface area contributed by atoms with Gasteiger partial charge in [0.05, 0.1) is 0 Å². The van der Waals surface area contributed by atoms with E-state index in [2.05, 4.69) is 29.4 Å². The highest BCUT2D eigenvalue weighted by Gasteiger charge is 2.43. The molecular weight excluding hydrogens is 469 g/mol. The molecular formula is C27H37F3N4O2. The Bertz CT molecular complexity index is 1070. The van der Waals surface area contributed by atoms with Gasteiger partial charge in [0, 0.05) is 30.0 Å². The molecule has 0 saturated heterocycles. The van der Waals surface area contributed by atoms with E-state index in [9.17, 15) is 23.1 Å². The van der Waals surface area contributed by atoms with E-state index in [0.29, 0.717) is 23.3 Å². The van der Waals surface area contributed by atoms with Crippen LogP contribution in [0.3, 0.4) is 0 Å². The third-order valence-electron chi connectivity index (χ3n) is 7.40. The molecule has 9 heteroatoms. The summed E-state index contributed by atoms with van der Waals surface area (Å²) in [5.74, 6) is 1.40. The molecule has 1 aromatic carbocycles. The van der Waals surface area contributed by atoms with Gasteiger partial charge >= 0.3 is 6.18 Å². The summed E-state index contributed by atoms with van der Waals surface area (Å²) in [6.07, 6.45) is -3.15. The van der Waals surface area contributed by atoms with E-state index in [-0.39, 0.29) is 18.4 Å².